The number of hydrogen-bond donors (Lipinski definition) is 2. The first kappa shape index (κ1) is 17.4. The Hall–Kier alpha value is -2.96. The molecule has 126 valence electrons. The summed E-state index contributed by atoms with van der Waals surface area (Å²) in [6.07, 6.45) is 1.25. The summed E-state index contributed by atoms with van der Waals surface area (Å²) in [5.41, 5.74) is 4.60. The van der Waals surface area contributed by atoms with E-state index in [9.17, 15) is 13.6 Å². The highest BCUT2D eigenvalue weighted by atomic mass is 19.3. The van der Waals surface area contributed by atoms with Gasteiger partial charge in [-0.3, -0.25) is 4.79 Å². The van der Waals surface area contributed by atoms with Crippen molar-refractivity contribution in [3.05, 3.63) is 59.7 Å². The summed E-state index contributed by atoms with van der Waals surface area (Å²) in [5, 5.41) is 6.69. The number of aryl methyl sites for hydroxylation is 1. The number of rotatable bonds is 7. The van der Waals surface area contributed by atoms with E-state index in [1.165, 1.54) is 12.3 Å². The first-order valence-corrected chi connectivity index (χ1v) is 7.21. The largest absolute Gasteiger partial charge is 0.434 e. The molecule has 0 saturated heterocycles. The van der Waals surface area contributed by atoms with Crippen molar-refractivity contribution in [1.82, 2.24) is 5.43 Å². The number of amides is 1. The summed E-state index contributed by atoms with van der Waals surface area (Å²) in [6.45, 7) is -0.913. The average molecular weight is 333 g/mol. The highest BCUT2D eigenvalue weighted by molar-refractivity contribution is 5.86. The van der Waals surface area contributed by atoms with Gasteiger partial charge in [0.15, 0.2) is 0 Å². The molecule has 0 spiro atoms. The summed E-state index contributed by atoms with van der Waals surface area (Å²) >= 11 is 0. The Kier molecular flexibility index (Phi) is 6.24. The van der Waals surface area contributed by atoms with Gasteiger partial charge < -0.3 is 10.1 Å². The third-order valence-corrected chi connectivity index (χ3v) is 3.03. The molecule has 2 N–H and O–H groups in total. The lowest BCUT2D eigenvalue weighted by Crippen LogP contribution is -2.25. The summed E-state index contributed by atoms with van der Waals surface area (Å²) in [5.74, 6) is -0.373. The Balaban J connectivity index is 1.85. The molecule has 2 aromatic rings. The number of alkyl halides is 2. The van der Waals surface area contributed by atoms with E-state index >= 15 is 0 Å². The molecule has 0 aliphatic heterocycles. The number of anilines is 1. The summed E-state index contributed by atoms with van der Waals surface area (Å²) in [6, 6.07) is 13.8. The predicted octanol–water partition coefficient (Wildman–Crippen LogP) is 3.16. The van der Waals surface area contributed by atoms with Crippen LogP contribution in [0.4, 0.5) is 14.5 Å². The molecule has 1 amide bonds. The van der Waals surface area contributed by atoms with Crippen LogP contribution in [-0.2, 0) is 4.79 Å². The summed E-state index contributed by atoms with van der Waals surface area (Å²) in [4.78, 5) is 11.7. The lowest BCUT2D eigenvalue weighted by molar-refractivity contribution is -0.119. The van der Waals surface area contributed by atoms with Gasteiger partial charge in [0.1, 0.15) is 5.75 Å². The van der Waals surface area contributed by atoms with Crippen molar-refractivity contribution in [2.75, 3.05) is 11.9 Å². The van der Waals surface area contributed by atoms with Gasteiger partial charge >= 0.3 is 6.61 Å². The molecule has 0 saturated carbocycles. The van der Waals surface area contributed by atoms with Crippen molar-refractivity contribution in [2.24, 2.45) is 5.10 Å². The van der Waals surface area contributed by atoms with Crippen molar-refractivity contribution in [3.63, 3.8) is 0 Å². The number of carbonyl (C=O) groups is 1. The molecule has 0 aromatic heterocycles. The Morgan fingerprint density at radius 1 is 1.21 bits per heavy atom. The number of halogens is 2. The van der Waals surface area contributed by atoms with Crippen LogP contribution in [0.3, 0.4) is 0 Å². The second-order valence-electron chi connectivity index (χ2n) is 4.93. The molecular weight excluding hydrogens is 316 g/mol. The van der Waals surface area contributed by atoms with Crippen LogP contribution < -0.4 is 15.5 Å². The van der Waals surface area contributed by atoms with Crippen molar-refractivity contribution in [3.8, 4) is 5.75 Å². The molecule has 0 unspecified atom stereocenters. The van der Waals surface area contributed by atoms with E-state index in [-0.39, 0.29) is 18.2 Å². The quantitative estimate of drug-likeness (QED) is 0.604. The van der Waals surface area contributed by atoms with Crippen LogP contribution in [0.2, 0.25) is 0 Å². The first-order valence-electron chi connectivity index (χ1n) is 7.21. The molecule has 2 aromatic carbocycles. The first-order chi connectivity index (χ1) is 11.5. The standard InChI is InChI=1S/C17H17F2N3O2/c1-12-6-8-14(9-7-12)20-11-16(23)22-21-10-13-4-2-3-5-15(13)24-17(18)19/h2-10,17,20H,11H2,1H3,(H,22,23)/b21-10-. The van der Waals surface area contributed by atoms with Gasteiger partial charge in [0.2, 0.25) is 0 Å². The molecule has 0 heterocycles. The van der Waals surface area contributed by atoms with Gasteiger partial charge in [-0.2, -0.15) is 13.9 Å². The maximum absolute atomic E-state index is 12.3. The van der Waals surface area contributed by atoms with Crippen LogP contribution in [0.1, 0.15) is 11.1 Å². The molecule has 0 bridgehead atoms. The van der Waals surface area contributed by atoms with E-state index < -0.39 is 6.61 Å². The molecule has 24 heavy (non-hydrogen) atoms. The lowest BCUT2D eigenvalue weighted by atomic mass is 10.2. The number of hydrogen-bond acceptors (Lipinski definition) is 4. The maximum atomic E-state index is 12.3. The lowest BCUT2D eigenvalue weighted by Gasteiger charge is -2.07. The summed E-state index contributed by atoms with van der Waals surface area (Å²) < 4.78 is 29.0. The normalized spacial score (nSPS) is 10.8. The van der Waals surface area contributed by atoms with Gasteiger partial charge in [0, 0.05) is 11.3 Å². The summed E-state index contributed by atoms with van der Waals surface area (Å²) in [7, 11) is 0. The third kappa shape index (κ3) is 5.68. The van der Waals surface area contributed by atoms with Crippen molar-refractivity contribution < 1.29 is 18.3 Å². The van der Waals surface area contributed by atoms with Crippen LogP contribution >= 0.6 is 0 Å². The van der Waals surface area contributed by atoms with Gasteiger partial charge in [0.25, 0.3) is 5.91 Å². The molecule has 0 radical (unpaired) electrons. The number of benzene rings is 2. The number of ether oxygens (including phenoxy) is 1. The van der Waals surface area contributed by atoms with Crippen LogP contribution in [-0.4, -0.2) is 25.3 Å². The fourth-order valence-corrected chi connectivity index (χ4v) is 1.86. The van der Waals surface area contributed by atoms with Gasteiger partial charge in [0.05, 0.1) is 12.8 Å². The minimum atomic E-state index is -2.92. The molecule has 0 fully saturated rings. The Bertz CT molecular complexity index is 703. The van der Waals surface area contributed by atoms with E-state index in [2.05, 4.69) is 20.6 Å². The monoisotopic (exact) mass is 333 g/mol. The van der Waals surface area contributed by atoms with Crippen molar-refractivity contribution in [1.29, 1.82) is 0 Å². The van der Waals surface area contributed by atoms with E-state index in [0.29, 0.717) is 5.56 Å². The van der Waals surface area contributed by atoms with E-state index in [0.717, 1.165) is 11.3 Å². The van der Waals surface area contributed by atoms with E-state index in [1.807, 2.05) is 31.2 Å². The average Bonchev–Trinajstić information content (AvgIpc) is 2.55. The van der Waals surface area contributed by atoms with Crippen LogP contribution in [0, 0.1) is 6.92 Å². The number of nitrogens with one attached hydrogen (secondary N) is 2. The van der Waals surface area contributed by atoms with Crippen LogP contribution in [0.5, 0.6) is 5.75 Å². The highest BCUT2D eigenvalue weighted by Gasteiger charge is 2.07. The fraction of sp³-hybridized carbons (Fsp3) is 0.176. The molecule has 0 aliphatic carbocycles. The minimum absolute atomic E-state index is 0.0109. The van der Waals surface area contributed by atoms with Gasteiger partial charge in [-0.25, -0.2) is 5.43 Å². The van der Waals surface area contributed by atoms with Crippen LogP contribution in [0.15, 0.2) is 53.6 Å². The third-order valence-electron chi connectivity index (χ3n) is 3.03. The molecular formula is C17H17F2N3O2. The number of hydrazone groups is 1. The van der Waals surface area contributed by atoms with Crippen molar-refractivity contribution >= 4 is 17.8 Å². The fourth-order valence-electron chi connectivity index (χ4n) is 1.86. The van der Waals surface area contributed by atoms with Crippen molar-refractivity contribution in [2.45, 2.75) is 13.5 Å². The van der Waals surface area contributed by atoms with Crippen LogP contribution in [0.25, 0.3) is 0 Å². The number of nitrogens with zero attached hydrogens (tertiary/aromatic N) is 1. The predicted molar refractivity (Wildman–Crippen MR) is 88.5 cm³/mol. The maximum Gasteiger partial charge on any atom is 0.387 e. The molecule has 0 aliphatic rings. The van der Waals surface area contributed by atoms with E-state index in [4.69, 9.17) is 0 Å². The zero-order valence-corrected chi connectivity index (χ0v) is 13.0. The highest BCUT2D eigenvalue weighted by Crippen LogP contribution is 2.18. The number of carbonyl (C=O) groups excluding carboxylic acids is 1. The Morgan fingerprint density at radius 3 is 2.62 bits per heavy atom. The Labute approximate surface area is 138 Å². The second kappa shape index (κ2) is 8.61. The SMILES string of the molecule is Cc1ccc(NCC(=O)N/N=C\c2ccccc2OC(F)F)cc1. The van der Waals surface area contributed by atoms with E-state index in [1.54, 1.807) is 18.2 Å². The topological polar surface area (TPSA) is 62.7 Å². The van der Waals surface area contributed by atoms with Gasteiger partial charge in [-0.05, 0) is 31.2 Å². The molecule has 7 heteroatoms. The molecule has 5 nitrogen and oxygen atoms in total. The Morgan fingerprint density at radius 2 is 1.92 bits per heavy atom. The zero-order valence-electron chi connectivity index (χ0n) is 13.0. The minimum Gasteiger partial charge on any atom is -0.434 e. The van der Waals surface area contributed by atoms with Gasteiger partial charge in [-0.15, -0.1) is 0 Å². The smallest absolute Gasteiger partial charge is 0.387 e. The molecule has 0 atom stereocenters. The molecule has 2 rings (SSSR count). The van der Waals surface area contributed by atoms with Gasteiger partial charge in [-0.1, -0.05) is 29.8 Å². The number of para-hydroxylation sites is 1. The zero-order chi connectivity index (χ0) is 17.4. The second-order valence-corrected chi connectivity index (χ2v) is 4.93.